The summed E-state index contributed by atoms with van der Waals surface area (Å²) in [5.41, 5.74) is -0.894. The maximum absolute atomic E-state index is 13.9. The van der Waals surface area contributed by atoms with E-state index in [1.165, 1.54) is 4.90 Å². The number of hydrogen-bond acceptors (Lipinski definition) is 7. The van der Waals surface area contributed by atoms with Crippen molar-refractivity contribution in [2.24, 2.45) is 11.8 Å². The number of nitrogens with one attached hydrogen (secondary N) is 2. The zero-order valence-electron chi connectivity index (χ0n) is 22.4. The fourth-order valence-electron chi connectivity index (χ4n) is 6.51. The molecule has 0 saturated carbocycles. The third-order valence-corrected chi connectivity index (χ3v) is 8.15. The Morgan fingerprint density at radius 3 is 2.23 bits per heavy atom. The van der Waals surface area contributed by atoms with E-state index in [-0.39, 0.29) is 30.9 Å². The number of nitrogens with zero attached hydrogens (tertiary/aromatic N) is 1. The molecule has 3 aliphatic heterocycles. The molecule has 3 fully saturated rings. The number of rotatable bonds is 10. The van der Waals surface area contributed by atoms with Crippen LogP contribution in [0, 0.1) is 11.8 Å². The Kier molecular flexibility index (Phi) is 7.26. The molecule has 3 heterocycles. The molecule has 2 aromatic rings. The van der Waals surface area contributed by atoms with E-state index in [1.807, 2.05) is 13.8 Å². The van der Waals surface area contributed by atoms with Crippen LogP contribution >= 0.6 is 0 Å². The third kappa shape index (κ3) is 4.61. The van der Waals surface area contributed by atoms with Crippen LogP contribution in [0.5, 0.6) is 11.5 Å². The fraction of sp³-hybridized carbons (Fsp3) is 0.483. The first-order valence-electron chi connectivity index (χ1n) is 13.4. The number of aliphatic hydroxyl groups excluding tert-OH is 1. The van der Waals surface area contributed by atoms with Crippen molar-refractivity contribution in [3.05, 3.63) is 48.5 Å². The Hall–Kier alpha value is -3.63. The molecule has 2 bridgehead atoms. The van der Waals surface area contributed by atoms with Crippen LogP contribution < -0.4 is 20.1 Å². The van der Waals surface area contributed by atoms with Crippen LogP contribution in [-0.4, -0.2) is 71.8 Å². The lowest BCUT2D eigenvalue weighted by molar-refractivity contribution is -0.143. The van der Waals surface area contributed by atoms with Gasteiger partial charge in [0.15, 0.2) is 0 Å². The minimum atomic E-state index is -1.14. The predicted molar refractivity (Wildman–Crippen MR) is 144 cm³/mol. The molecule has 2 unspecified atom stereocenters. The van der Waals surface area contributed by atoms with Crippen molar-refractivity contribution in [1.29, 1.82) is 0 Å². The summed E-state index contributed by atoms with van der Waals surface area (Å²) in [6.45, 7) is 4.34. The SMILES string of the molecule is CCOc1ccc(NC(=O)[C@H]2[C@H]3C(=O)N(CCCO)C(C(=O)Nc4ccc(OC)cc4)C34CC[C@]2(C)O4)cc1. The van der Waals surface area contributed by atoms with Crippen LogP contribution in [0.3, 0.4) is 0 Å². The van der Waals surface area contributed by atoms with Crippen molar-refractivity contribution < 1.29 is 33.7 Å². The largest absolute Gasteiger partial charge is 0.497 e. The van der Waals surface area contributed by atoms with Gasteiger partial charge in [0.2, 0.25) is 17.7 Å². The van der Waals surface area contributed by atoms with Crippen molar-refractivity contribution >= 4 is 29.1 Å². The molecule has 10 nitrogen and oxygen atoms in total. The van der Waals surface area contributed by atoms with Crippen LogP contribution in [0.1, 0.15) is 33.1 Å². The molecule has 2 aromatic carbocycles. The van der Waals surface area contributed by atoms with Crippen molar-refractivity contribution in [3.8, 4) is 11.5 Å². The standard InChI is InChI=1S/C29H35N3O7/c1-4-38-21-12-8-18(9-13-21)30-25(34)22-23-27(36)32(16-5-17-33)24(29(23)15-14-28(22,2)39-29)26(35)31-19-6-10-20(37-3)11-7-19/h6-13,22-24,33H,4-5,14-17H2,1-3H3,(H,30,34)(H,31,35)/t22-,23+,24?,28+,29?/m1/s1. The first-order chi connectivity index (χ1) is 18.8. The summed E-state index contributed by atoms with van der Waals surface area (Å²) in [5.74, 6) is -1.25. The number of anilines is 2. The smallest absolute Gasteiger partial charge is 0.250 e. The molecule has 0 radical (unpaired) electrons. The van der Waals surface area contributed by atoms with Gasteiger partial charge < -0.3 is 34.9 Å². The highest BCUT2D eigenvalue weighted by atomic mass is 16.5. The van der Waals surface area contributed by atoms with Gasteiger partial charge in [-0.15, -0.1) is 0 Å². The zero-order valence-corrected chi connectivity index (χ0v) is 22.4. The van der Waals surface area contributed by atoms with Crippen LogP contribution in [0.4, 0.5) is 11.4 Å². The van der Waals surface area contributed by atoms with Gasteiger partial charge in [-0.3, -0.25) is 14.4 Å². The van der Waals surface area contributed by atoms with E-state index in [0.717, 1.165) is 0 Å². The van der Waals surface area contributed by atoms with Crippen LogP contribution in [0.2, 0.25) is 0 Å². The van der Waals surface area contributed by atoms with E-state index < -0.39 is 29.1 Å². The first-order valence-corrected chi connectivity index (χ1v) is 13.4. The van der Waals surface area contributed by atoms with Crippen LogP contribution in [0.15, 0.2) is 48.5 Å². The molecule has 0 aromatic heterocycles. The highest BCUT2D eigenvalue weighted by molar-refractivity contribution is 6.05. The maximum Gasteiger partial charge on any atom is 0.250 e. The third-order valence-electron chi connectivity index (χ3n) is 8.15. The Balaban J connectivity index is 1.43. The van der Waals surface area contributed by atoms with Gasteiger partial charge >= 0.3 is 0 Å². The highest BCUT2D eigenvalue weighted by Crippen LogP contribution is 2.63. The number of ether oxygens (including phenoxy) is 3. The van der Waals surface area contributed by atoms with E-state index in [1.54, 1.807) is 55.6 Å². The lowest BCUT2D eigenvalue weighted by Gasteiger charge is -2.33. The van der Waals surface area contributed by atoms with E-state index in [4.69, 9.17) is 14.2 Å². The Labute approximate surface area is 227 Å². The van der Waals surface area contributed by atoms with E-state index >= 15 is 0 Å². The second kappa shape index (κ2) is 10.5. The minimum Gasteiger partial charge on any atom is -0.497 e. The van der Waals surface area contributed by atoms with Gasteiger partial charge in [-0.05, 0) is 81.6 Å². The summed E-state index contributed by atoms with van der Waals surface area (Å²) in [5, 5.41) is 15.4. The molecule has 3 aliphatic rings. The lowest BCUT2D eigenvalue weighted by atomic mass is 9.66. The first kappa shape index (κ1) is 27.0. The number of carbonyl (C=O) groups excluding carboxylic acids is 3. The van der Waals surface area contributed by atoms with Crippen LogP contribution in [0.25, 0.3) is 0 Å². The van der Waals surface area contributed by atoms with Crippen LogP contribution in [-0.2, 0) is 19.1 Å². The number of hydrogen-bond donors (Lipinski definition) is 3. The number of fused-ring (bicyclic) bond motifs is 1. The van der Waals surface area contributed by atoms with Gasteiger partial charge in [0.1, 0.15) is 23.1 Å². The van der Waals surface area contributed by atoms with E-state index in [0.29, 0.717) is 48.7 Å². The molecule has 5 atom stereocenters. The van der Waals surface area contributed by atoms with Crippen molar-refractivity contribution in [1.82, 2.24) is 4.90 Å². The van der Waals surface area contributed by atoms with Gasteiger partial charge in [0.05, 0.1) is 31.2 Å². The molecule has 1 spiro atoms. The highest BCUT2D eigenvalue weighted by Gasteiger charge is 2.77. The fourth-order valence-corrected chi connectivity index (χ4v) is 6.51. The number of likely N-dealkylation sites (tertiary alicyclic amines) is 1. The van der Waals surface area contributed by atoms with Gasteiger partial charge in [-0.25, -0.2) is 0 Å². The second-order valence-electron chi connectivity index (χ2n) is 10.5. The molecule has 208 valence electrons. The van der Waals surface area contributed by atoms with Gasteiger partial charge in [-0.2, -0.15) is 0 Å². The summed E-state index contributed by atoms with van der Waals surface area (Å²) < 4.78 is 17.3. The quantitative estimate of drug-likeness (QED) is 0.425. The number of carbonyl (C=O) groups is 3. The second-order valence-corrected chi connectivity index (χ2v) is 10.5. The van der Waals surface area contributed by atoms with Crippen molar-refractivity contribution in [2.75, 3.05) is 37.5 Å². The van der Waals surface area contributed by atoms with Crippen molar-refractivity contribution in [3.63, 3.8) is 0 Å². The summed E-state index contributed by atoms with van der Waals surface area (Å²) in [6.07, 6.45) is 1.32. The molecule has 39 heavy (non-hydrogen) atoms. The summed E-state index contributed by atoms with van der Waals surface area (Å²) in [7, 11) is 1.56. The Bertz CT molecular complexity index is 1230. The summed E-state index contributed by atoms with van der Waals surface area (Å²) >= 11 is 0. The molecular weight excluding hydrogens is 502 g/mol. The molecule has 0 aliphatic carbocycles. The van der Waals surface area contributed by atoms with Gasteiger partial charge in [0.25, 0.3) is 0 Å². The van der Waals surface area contributed by atoms with Gasteiger partial charge in [-0.1, -0.05) is 0 Å². The monoisotopic (exact) mass is 537 g/mol. The van der Waals surface area contributed by atoms with E-state index in [2.05, 4.69) is 10.6 Å². The molecule has 3 amide bonds. The van der Waals surface area contributed by atoms with Crippen molar-refractivity contribution in [2.45, 2.75) is 50.4 Å². The van der Waals surface area contributed by atoms with Gasteiger partial charge in [0, 0.05) is 24.5 Å². The predicted octanol–water partition coefficient (Wildman–Crippen LogP) is 2.82. The zero-order chi connectivity index (χ0) is 27.8. The topological polar surface area (TPSA) is 126 Å². The molecule has 3 saturated heterocycles. The molecule has 3 N–H and O–H groups in total. The Morgan fingerprint density at radius 1 is 1.03 bits per heavy atom. The number of amides is 3. The lowest BCUT2D eigenvalue weighted by Crippen LogP contribution is -2.53. The number of benzene rings is 2. The molecule has 10 heteroatoms. The molecular formula is C29H35N3O7. The number of aliphatic hydroxyl groups is 1. The molecule has 5 rings (SSSR count). The maximum atomic E-state index is 13.9. The Morgan fingerprint density at radius 2 is 1.64 bits per heavy atom. The minimum absolute atomic E-state index is 0.130. The normalized spacial score (nSPS) is 28.8. The average molecular weight is 538 g/mol. The average Bonchev–Trinajstić information content (AvgIpc) is 3.49. The number of methoxy groups -OCH3 is 1. The summed E-state index contributed by atoms with van der Waals surface area (Å²) in [4.78, 5) is 42.9. The van der Waals surface area contributed by atoms with E-state index in [9.17, 15) is 19.5 Å². The summed E-state index contributed by atoms with van der Waals surface area (Å²) in [6, 6.07) is 13.0.